The molecule has 3 aromatic rings. The molecule has 0 radical (unpaired) electrons. The predicted molar refractivity (Wildman–Crippen MR) is 87.8 cm³/mol. The molecule has 0 aliphatic carbocycles. The number of azo groups is 1. The molecule has 0 saturated carbocycles. The minimum absolute atomic E-state index is 0.0493. The number of nitrogens with zero attached hydrogens (tertiary/aromatic N) is 4. The number of ketones is 1. The first-order chi connectivity index (χ1) is 11.5. The zero-order valence-corrected chi connectivity index (χ0v) is 13.2. The highest BCUT2D eigenvalue weighted by Crippen LogP contribution is 2.26. The summed E-state index contributed by atoms with van der Waals surface area (Å²) in [4.78, 5) is 26.8. The number of aromatic nitrogens is 2. The van der Waals surface area contributed by atoms with Gasteiger partial charge in [0.05, 0.1) is 10.7 Å². The van der Waals surface area contributed by atoms with Gasteiger partial charge in [0.2, 0.25) is 0 Å². The third-order valence-electron chi connectivity index (χ3n) is 3.27. The second-order valence-electron chi connectivity index (χ2n) is 4.97. The molecule has 0 amide bonds. The topological polar surface area (TPSA) is 96.4 Å². The van der Waals surface area contributed by atoms with E-state index in [0.29, 0.717) is 21.9 Å². The van der Waals surface area contributed by atoms with Gasteiger partial charge in [-0.2, -0.15) is 0 Å². The summed E-state index contributed by atoms with van der Waals surface area (Å²) in [5.74, 6) is -1.27. The lowest BCUT2D eigenvalue weighted by molar-refractivity contribution is 0.0692. The molecular weight excluding hydrogens is 332 g/mol. The largest absolute Gasteiger partial charge is 0.476 e. The number of fused-ring (bicyclic) bond motifs is 1. The first kappa shape index (κ1) is 15.8. The Labute approximate surface area is 141 Å². The number of hydrogen-bond donors (Lipinski definition) is 1. The third kappa shape index (κ3) is 3.02. The molecular formula is C16H11ClN4O3. The molecule has 0 spiro atoms. The van der Waals surface area contributed by atoms with Crippen LogP contribution >= 0.6 is 11.6 Å². The number of aromatic carboxylic acids is 1. The lowest BCUT2D eigenvalue weighted by Gasteiger charge is -1.98. The van der Waals surface area contributed by atoms with E-state index in [9.17, 15) is 14.7 Å². The van der Waals surface area contributed by atoms with Gasteiger partial charge in [-0.3, -0.25) is 9.20 Å². The van der Waals surface area contributed by atoms with Crippen LogP contribution in [0.3, 0.4) is 0 Å². The van der Waals surface area contributed by atoms with Crippen LogP contribution in [0.4, 0.5) is 11.5 Å². The van der Waals surface area contributed by atoms with E-state index in [-0.39, 0.29) is 17.3 Å². The molecule has 24 heavy (non-hydrogen) atoms. The van der Waals surface area contributed by atoms with Crippen molar-refractivity contribution >= 4 is 40.5 Å². The molecule has 7 nitrogen and oxygen atoms in total. The molecule has 0 aliphatic heterocycles. The van der Waals surface area contributed by atoms with Gasteiger partial charge in [0.1, 0.15) is 5.65 Å². The van der Waals surface area contributed by atoms with Crippen molar-refractivity contribution in [3.05, 3.63) is 58.9 Å². The summed E-state index contributed by atoms with van der Waals surface area (Å²) in [5, 5.41) is 17.7. The van der Waals surface area contributed by atoms with E-state index in [1.54, 1.807) is 36.4 Å². The van der Waals surface area contributed by atoms with Gasteiger partial charge in [-0.05, 0) is 31.2 Å². The van der Waals surface area contributed by atoms with Crippen LogP contribution in [-0.2, 0) is 0 Å². The maximum atomic E-state index is 11.4. The number of carbonyl (C=O) groups is 2. The summed E-state index contributed by atoms with van der Waals surface area (Å²) < 4.78 is 1.45. The van der Waals surface area contributed by atoms with E-state index in [0.717, 1.165) is 0 Å². The van der Waals surface area contributed by atoms with Gasteiger partial charge < -0.3 is 5.11 Å². The Bertz CT molecular complexity index is 994. The lowest BCUT2D eigenvalue weighted by Crippen LogP contribution is -1.96. The highest BCUT2D eigenvalue weighted by Gasteiger charge is 2.18. The fraction of sp³-hybridized carbons (Fsp3) is 0.0625. The number of Topliss-reactive ketones (excluding diaryl/α,β-unsaturated/α-hetero) is 1. The van der Waals surface area contributed by atoms with E-state index < -0.39 is 5.97 Å². The van der Waals surface area contributed by atoms with Gasteiger partial charge in [0.25, 0.3) is 0 Å². The highest BCUT2D eigenvalue weighted by molar-refractivity contribution is 6.30. The van der Waals surface area contributed by atoms with Crippen LogP contribution in [0, 0.1) is 0 Å². The smallest absolute Gasteiger partial charge is 0.358 e. The average molecular weight is 343 g/mol. The van der Waals surface area contributed by atoms with E-state index in [2.05, 4.69) is 15.2 Å². The summed E-state index contributed by atoms with van der Waals surface area (Å²) in [6.07, 6.45) is 1.51. The van der Waals surface area contributed by atoms with Crippen LogP contribution < -0.4 is 0 Å². The Morgan fingerprint density at radius 2 is 2.00 bits per heavy atom. The van der Waals surface area contributed by atoms with Crippen molar-refractivity contribution in [1.82, 2.24) is 9.38 Å². The molecule has 0 bridgehead atoms. The second-order valence-corrected chi connectivity index (χ2v) is 5.41. The number of pyridine rings is 1. The number of carbonyl (C=O) groups excluding carboxylic acids is 1. The first-order valence-electron chi connectivity index (χ1n) is 6.89. The van der Waals surface area contributed by atoms with Crippen molar-refractivity contribution in [2.75, 3.05) is 0 Å². The van der Waals surface area contributed by atoms with Gasteiger partial charge in [0.15, 0.2) is 17.3 Å². The Kier molecular flexibility index (Phi) is 4.09. The average Bonchev–Trinajstić information content (AvgIpc) is 2.91. The molecule has 1 aromatic carbocycles. The molecule has 0 atom stereocenters. The quantitative estimate of drug-likeness (QED) is 0.564. The van der Waals surface area contributed by atoms with Crippen LogP contribution in [0.2, 0.25) is 5.02 Å². The number of imidazole rings is 1. The highest BCUT2D eigenvalue weighted by atomic mass is 35.5. The van der Waals surface area contributed by atoms with E-state index in [1.165, 1.54) is 17.5 Å². The number of rotatable bonds is 4. The summed E-state index contributed by atoms with van der Waals surface area (Å²) in [6, 6.07) is 9.76. The van der Waals surface area contributed by atoms with Crippen LogP contribution in [0.1, 0.15) is 27.8 Å². The van der Waals surface area contributed by atoms with Gasteiger partial charge in [-0.15, -0.1) is 10.2 Å². The molecule has 3 rings (SSSR count). The van der Waals surface area contributed by atoms with Crippen LogP contribution in [-0.4, -0.2) is 26.2 Å². The molecule has 0 aliphatic rings. The van der Waals surface area contributed by atoms with Crippen LogP contribution in [0.25, 0.3) is 5.65 Å². The molecule has 120 valence electrons. The summed E-state index contributed by atoms with van der Waals surface area (Å²) in [7, 11) is 0. The van der Waals surface area contributed by atoms with Crippen molar-refractivity contribution in [3.63, 3.8) is 0 Å². The Morgan fingerprint density at radius 1 is 1.21 bits per heavy atom. The lowest BCUT2D eigenvalue weighted by atomic mass is 10.1. The van der Waals surface area contributed by atoms with Crippen molar-refractivity contribution < 1.29 is 14.7 Å². The van der Waals surface area contributed by atoms with Crippen molar-refractivity contribution in [3.8, 4) is 0 Å². The normalized spacial score (nSPS) is 11.2. The molecule has 1 N–H and O–H groups in total. The van der Waals surface area contributed by atoms with E-state index >= 15 is 0 Å². The van der Waals surface area contributed by atoms with Crippen molar-refractivity contribution in [2.24, 2.45) is 10.2 Å². The SMILES string of the molecule is CC(=O)c1cccc(N=Nc2c(C(=O)O)nc3ccc(Cl)cn23)c1. The van der Waals surface area contributed by atoms with Crippen molar-refractivity contribution in [2.45, 2.75) is 6.92 Å². The number of halogens is 1. The second kappa shape index (κ2) is 6.21. The monoisotopic (exact) mass is 342 g/mol. The zero-order valence-electron chi connectivity index (χ0n) is 12.5. The minimum atomic E-state index is -1.22. The number of hydrogen-bond acceptors (Lipinski definition) is 5. The molecule has 0 fully saturated rings. The van der Waals surface area contributed by atoms with Gasteiger partial charge >= 0.3 is 5.97 Å². The van der Waals surface area contributed by atoms with Gasteiger partial charge in [-0.1, -0.05) is 23.7 Å². The minimum Gasteiger partial charge on any atom is -0.476 e. The first-order valence-corrected chi connectivity index (χ1v) is 7.27. The predicted octanol–water partition coefficient (Wildman–Crippen LogP) is 4.30. The van der Waals surface area contributed by atoms with E-state index in [4.69, 9.17) is 11.6 Å². The Balaban J connectivity index is 2.10. The van der Waals surface area contributed by atoms with Gasteiger partial charge in [0, 0.05) is 11.8 Å². The Hall–Kier alpha value is -3.06. The fourth-order valence-corrected chi connectivity index (χ4v) is 2.30. The maximum Gasteiger partial charge on any atom is 0.358 e. The zero-order chi connectivity index (χ0) is 17.3. The molecule has 0 unspecified atom stereocenters. The summed E-state index contributed by atoms with van der Waals surface area (Å²) in [5.41, 5.74) is 1.08. The molecule has 0 saturated heterocycles. The number of carboxylic acid groups (broad SMARTS) is 1. The van der Waals surface area contributed by atoms with Crippen LogP contribution in [0.5, 0.6) is 0 Å². The number of carboxylic acids is 1. The Morgan fingerprint density at radius 3 is 2.71 bits per heavy atom. The third-order valence-corrected chi connectivity index (χ3v) is 3.50. The molecule has 2 aromatic heterocycles. The maximum absolute atomic E-state index is 11.4. The molecule has 8 heteroatoms. The fourth-order valence-electron chi connectivity index (χ4n) is 2.14. The summed E-state index contributed by atoms with van der Waals surface area (Å²) in [6.45, 7) is 1.45. The van der Waals surface area contributed by atoms with Gasteiger partial charge in [-0.25, -0.2) is 9.78 Å². The van der Waals surface area contributed by atoms with Crippen LogP contribution in [0.15, 0.2) is 52.8 Å². The summed E-state index contributed by atoms with van der Waals surface area (Å²) >= 11 is 5.95. The standard InChI is InChI=1S/C16H11ClN4O3/c1-9(22)10-3-2-4-12(7-10)19-20-15-14(16(23)24)18-13-6-5-11(17)8-21(13)15/h2-8H,1H3,(H,23,24). The molecule has 2 heterocycles. The van der Waals surface area contributed by atoms with Crippen molar-refractivity contribution in [1.29, 1.82) is 0 Å². The number of benzene rings is 1. The van der Waals surface area contributed by atoms with E-state index in [1.807, 2.05) is 0 Å².